The van der Waals surface area contributed by atoms with Crippen LogP contribution in [0.15, 0.2) is 59.6 Å². The number of rotatable bonds is 5. The van der Waals surface area contributed by atoms with E-state index in [1.54, 1.807) is 0 Å². The van der Waals surface area contributed by atoms with Crippen molar-refractivity contribution in [3.63, 3.8) is 0 Å². The number of benzene rings is 2. The second-order valence-corrected chi connectivity index (χ2v) is 6.23. The van der Waals surface area contributed by atoms with Crippen molar-refractivity contribution in [3.05, 3.63) is 65.7 Å². The summed E-state index contributed by atoms with van der Waals surface area (Å²) in [5, 5.41) is 0. The normalized spacial score (nSPS) is 17.0. The maximum atomic E-state index is 6.16. The molecule has 0 unspecified atom stereocenters. The Morgan fingerprint density at radius 3 is 2.33 bits per heavy atom. The molecule has 24 heavy (non-hydrogen) atoms. The SMILES string of the molecule is NNc1ccc(C(N)=NC2CCN(Cc3ccccc3)CC2)cc1. The van der Waals surface area contributed by atoms with Gasteiger partial charge in [0.2, 0.25) is 0 Å². The molecule has 0 aromatic heterocycles. The smallest absolute Gasteiger partial charge is 0.125 e. The summed E-state index contributed by atoms with van der Waals surface area (Å²) >= 11 is 0. The number of hydrogen-bond donors (Lipinski definition) is 3. The molecule has 1 aliphatic heterocycles. The lowest BCUT2D eigenvalue weighted by Gasteiger charge is -2.30. The van der Waals surface area contributed by atoms with Gasteiger partial charge in [0, 0.05) is 30.9 Å². The van der Waals surface area contributed by atoms with Gasteiger partial charge in [0.05, 0.1) is 6.04 Å². The highest BCUT2D eigenvalue weighted by Crippen LogP contribution is 2.17. The Morgan fingerprint density at radius 2 is 1.71 bits per heavy atom. The van der Waals surface area contributed by atoms with Crippen LogP contribution in [0.1, 0.15) is 24.0 Å². The molecular formula is C19H25N5. The highest BCUT2D eigenvalue weighted by Gasteiger charge is 2.19. The molecular weight excluding hydrogens is 298 g/mol. The van der Waals surface area contributed by atoms with Crippen LogP contribution in [-0.4, -0.2) is 29.9 Å². The summed E-state index contributed by atoms with van der Waals surface area (Å²) in [6.45, 7) is 3.14. The Balaban J connectivity index is 1.54. The minimum Gasteiger partial charge on any atom is -0.383 e. The molecule has 5 nitrogen and oxygen atoms in total. The average molecular weight is 323 g/mol. The van der Waals surface area contributed by atoms with Crippen LogP contribution in [0.5, 0.6) is 0 Å². The first-order valence-corrected chi connectivity index (χ1v) is 8.41. The van der Waals surface area contributed by atoms with Gasteiger partial charge in [-0.3, -0.25) is 15.7 Å². The predicted octanol–water partition coefficient (Wildman–Crippen LogP) is 2.34. The fourth-order valence-electron chi connectivity index (χ4n) is 3.06. The van der Waals surface area contributed by atoms with Crippen LogP contribution < -0.4 is 17.0 Å². The Morgan fingerprint density at radius 1 is 1.04 bits per heavy atom. The zero-order valence-corrected chi connectivity index (χ0v) is 13.9. The molecule has 2 aromatic rings. The topological polar surface area (TPSA) is 79.7 Å². The van der Waals surface area contributed by atoms with Crippen molar-refractivity contribution in [3.8, 4) is 0 Å². The molecule has 0 atom stereocenters. The Labute approximate surface area is 143 Å². The molecule has 126 valence electrons. The number of likely N-dealkylation sites (tertiary alicyclic amines) is 1. The van der Waals surface area contributed by atoms with Crippen LogP contribution in [0, 0.1) is 0 Å². The fraction of sp³-hybridized carbons (Fsp3) is 0.316. The van der Waals surface area contributed by atoms with Crippen molar-refractivity contribution >= 4 is 11.5 Å². The van der Waals surface area contributed by atoms with Crippen LogP contribution in [0.25, 0.3) is 0 Å². The van der Waals surface area contributed by atoms with E-state index in [2.05, 4.69) is 40.7 Å². The van der Waals surface area contributed by atoms with Crippen molar-refractivity contribution < 1.29 is 0 Å². The first-order valence-electron chi connectivity index (χ1n) is 8.41. The number of hydrogen-bond acceptors (Lipinski definition) is 4. The highest BCUT2D eigenvalue weighted by molar-refractivity contribution is 5.97. The third-order valence-electron chi connectivity index (χ3n) is 4.48. The fourth-order valence-corrected chi connectivity index (χ4v) is 3.06. The summed E-state index contributed by atoms with van der Waals surface area (Å²) in [7, 11) is 0. The van der Waals surface area contributed by atoms with E-state index in [-0.39, 0.29) is 0 Å². The van der Waals surface area contributed by atoms with E-state index >= 15 is 0 Å². The van der Waals surface area contributed by atoms with Crippen LogP contribution in [-0.2, 0) is 6.54 Å². The minimum absolute atomic E-state index is 0.310. The number of nitrogens with two attached hydrogens (primary N) is 2. The van der Waals surface area contributed by atoms with Crippen LogP contribution in [0.4, 0.5) is 5.69 Å². The van der Waals surface area contributed by atoms with Gasteiger partial charge in [0.1, 0.15) is 5.84 Å². The van der Waals surface area contributed by atoms with Crippen molar-refractivity contribution in [1.29, 1.82) is 0 Å². The monoisotopic (exact) mass is 323 g/mol. The van der Waals surface area contributed by atoms with Crippen molar-refractivity contribution in [1.82, 2.24) is 4.90 Å². The number of nitrogens with zero attached hydrogens (tertiary/aromatic N) is 2. The van der Waals surface area contributed by atoms with E-state index in [9.17, 15) is 0 Å². The van der Waals surface area contributed by atoms with Gasteiger partial charge in [-0.15, -0.1) is 0 Å². The summed E-state index contributed by atoms with van der Waals surface area (Å²) < 4.78 is 0. The number of amidine groups is 1. The first-order chi connectivity index (χ1) is 11.7. The standard InChI is InChI=1S/C19H25N5/c20-19(16-6-8-18(23-21)9-7-16)22-17-10-12-24(13-11-17)14-15-4-2-1-3-5-15/h1-9,17,23H,10-14,21H2,(H2,20,22). The quantitative estimate of drug-likeness (QED) is 0.341. The Kier molecular flexibility index (Phi) is 5.46. The zero-order valence-electron chi connectivity index (χ0n) is 13.9. The van der Waals surface area contributed by atoms with E-state index in [0.717, 1.165) is 43.7 Å². The van der Waals surface area contributed by atoms with Gasteiger partial charge in [0.15, 0.2) is 0 Å². The van der Waals surface area contributed by atoms with Crippen LogP contribution in [0.3, 0.4) is 0 Å². The first kappa shape index (κ1) is 16.5. The van der Waals surface area contributed by atoms with Gasteiger partial charge < -0.3 is 11.2 Å². The van der Waals surface area contributed by atoms with Gasteiger partial charge in [-0.25, -0.2) is 0 Å². The molecule has 1 fully saturated rings. The third kappa shape index (κ3) is 4.34. The number of aliphatic imine (C=N–C) groups is 1. The molecule has 0 radical (unpaired) electrons. The molecule has 0 spiro atoms. The summed E-state index contributed by atoms with van der Waals surface area (Å²) in [5.41, 5.74) is 11.9. The third-order valence-corrected chi connectivity index (χ3v) is 4.48. The van der Waals surface area contributed by atoms with Gasteiger partial charge in [0.25, 0.3) is 0 Å². The van der Waals surface area contributed by atoms with E-state index in [4.69, 9.17) is 16.6 Å². The molecule has 1 heterocycles. The molecule has 0 bridgehead atoms. The molecule has 0 saturated carbocycles. The van der Waals surface area contributed by atoms with Gasteiger partial charge in [-0.05, 0) is 42.7 Å². The van der Waals surface area contributed by atoms with Crippen molar-refractivity contribution in [2.45, 2.75) is 25.4 Å². The molecule has 2 aromatic carbocycles. The molecule has 5 heteroatoms. The number of nitrogens with one attached hydrogen (secondary N) is 1. The van der Waals surface area contributed by atoms with Crippen LogP contribution in [0.2, 0.25) is 0 Å². The van der Waals surface area contributed by atoms with Crippen molar-refractivity contribution in [2.75, 3.05) is 18.5 Å². The maximum absolute atomic E-state index is 6.16. The highest BCUT2D eigenvalue weighted by atomic mass is 15.2. The second-order valence-electron chi connectivity index (χ2n) is 6.23. The largest absolute Gasteiger partial charge is 0.383 e. The number of anilines is 1. The summed E-state index contributed by atoms with van der Waals surface area (Å²) in [6, 6.07) is 18.6. The maximum Gasteiger partial charge on any atom is 0.125 e. The van der Waals surface area contributed by atoms with E-state index in [0.29, 0.717) is 11.9 Å². The van der Waals surface area contributed by atoms with Gasteiger partial charge in [-0.1, -0.05) is 30.3 Å². The van der Waals surface area contributed by atoms with Gasteiger partial charge >= 0.3 is 0 Å². The van der Waals surface area contributed by atoms with E-state index < -0.39 is 0 Å². The molecule has 5 N–H and O–H groups in total. The lowest BCUT2D eigenvalue weighted by molar-refractivity contribution is 0.206. The van der Waals surface area contributed by atoms with E-state index in [1.807, 2.05) is 24.3 Å². The molecule has 1 saturated heterocycles. The number of piperidine rings is 1. The lowest BCUT2D eigenvalue weighted by Crippen LogP contribution is -2.35. The Bertz CT molecular complexity index is 658. The minimum atomic E-state index is 0.310. The van der Waals surface area contributed by atoms with Crippen molar-refractivity contribution in [2.24, 2.45) is 16.6 Å². The summed E-state index contributed by atoms with van der Waals surface area (Å²) in [6.07, 6.45) is 2.10. The summed E-state index contributed by atoms with van der Waals surface area (Å²) in [4.78, 5) is 7.20. The lowest BCUT2D eigenvalue weighted by atomic mass is 10.0. The predicted molar refractivity (Wildman–Crippen MR) is 99.7 cm³/mol. The number of hydrazine groups is 1. The van der Waals surface area contributed by atoms with Crippen LogP contribution >= 0.6 is 0 Å². The average Bonchev–Trinajstić information content (AvgIpc) is 2.64. The number of nitrogen functional groups attached to an aromatic ring is 1. The molecule has 0 amide bonds. The summed E-state index contributed by atoms with van der Waals surface area (Å²) in [5.74, 6) is 5.99. The molecule has 3 rings (SSSR count). The molecule has 0 aliphatic carbocycles. The van der Waals surface area contributed by atoms with E-state index in [1.165, 1.54) is 5.56 Å². The second kappa shape index (κ2) is 7.95. The Hall–Kier alpha value is -2.37. The van der Waals surface area contributed by atoms with Gasteiger partial charge in [-0.2, -0.15) is 0 Å². The zero-order chi connectivity index (χ0) is 16.8. The molecule has 1 aliphatic rings.